The molecular formula is C16H24O5. The summed E-state index contributed by atoms with van der Waals surface area (Å²) in [6.45, 7) is 4.11. The van der Waals surface area contributed by atoms with Gasteiger partial charge in [-0.1, -0.05) is 20.3 Å². The van der Waals surface area contributed by atoms with E-state index in [0.29, 0.717) is 17.7 Å². The van der Waals surface area contributed by atoms with E-state index in [2.05, 4.69) is 18.6 Å². The van der Waals surface area contributed by atoms with E-state index in [1.54, 1.807) is 0 Å². The van der Waals surface area contributed by atoms with Crippen molar-refractivity contribution in [2.75, 3.05) is 14.2 Å². The van der Waals surface area contributed by atoms with Gasteiger partial charge < -0.3 is 13.9 Å². The predicted molar refractivity (Wildman–Crippen MR) is 78.4 cm³/mol. The molecule has 5 nitrogen and oxygen atoms in total. The van der Waals surface area contributed by atoms with E-state index in [0.717, 1.165) is 37.0 Å². The third-order valence-corrected chi connectivity index (χ3v) is 3.31. The van der Waals surface area contributed by atoms with Crippen molar-refractivity contribution in [3.05, 3.63) is 22.6 Å². The standard InChI is InChI=1S/C16H24O5/c1-5-7-11-12(8-6-2)21-13(9-10-14(17)19-3)15(11)16(18)20-4/h5-10H2,1-4H3. The fourth-order valence-corrected chi connectivity index (χ4v) is 2.35. The van der Waals surface area contributed by atoms with Crippen molar-refractivity contribution in [3.63, 3.8) is 0 Å². The molecule has 0 aliphatic heterocycles. The highest BCUT2D eigenvalue weighted by Crippen LogP contribution is 2.27. The summed E-state index contributed by atoms with van der Waals surface area (Å²) in [5.74, 6) is 0.638. The molecule has 0 atom stereocenters. The first kappa shape index (κ1) is 17.3. The Morgan fingerprint density at radius 3 is 2.14 bits per heavy atom. The predicted octanol–water partition coefficient (Wildman–Crippen LogP) is 3.08. The average molecular weight is 296 g/mol. The van der Waals surface area contributed by atoms with Crippen LogP contribution < -0.4 is 0 Å². The normalized spacial score (nSPS) is 10.5. The highest BCUT2D eigenvalue weighted by Gasteiger charge is 2.25. The van der Waals surface area contributed by atoms with Gasteiger partial charge in [0.15, 0.2) is 0 Å². The number of aryl methyl sites for hydroxylation is 2. The van der Waals surface area contributed by atoms with Crippen LogP contribution in [0.3, 0.4) is 0 Å². The van der Waals surface area contributed by atoms with Crippen LogP contribution in [0.25, 0.3) is 0 Å². The molecule has 0 bridgehead atoms. The quantitative estimate of drug-likeness (QED) is 0.690. The van der Waals surface area contributed by atoms with Crippen LogP contribution >= 0.6 is 0 Å². The van der Waals surface area contributed by atoms with Crippen LogP contribution in [0.4, 0.5) is 0 Å². The van der Waals surface area contributed by atoms with Gasteiger partial charge in [-0.2, -0.15) is 0 Å². The lowest BCUT2D eigenvalue weighted by Crippen LogP contribution is -2.09. The molecule has 1 aromatic rings. The van der Waals surface area contributed by atoms with E-state index < -0.39 is 5.97 Å². The van der Waals surface area contributed by atoms with E-state index in [1.165, 1.54) is 14.2 Å². The molecule has 0 fully saturated rings. The highest BCUT2D eigenvalue weighted by atomic mass is 16.5. The fraction of sp³-hybridized carbons (Fsp3) is 0.625. The Labute approximate surface area is 125 Å². The molecule has 0 aliphatic rings. The van der Waals surface area contributed by atoms with Gasteiger partial charge in [0.25, 0.3) is 0 Å². The molecule has 0 saturated carbocycles. The van der Waals surface area contributed by atoms with E-state index in [-0.39, 0.29) is 12.4 Å². The summed E-state index contributed by atoms with van der Waals surface area (Å²) in [7, 11) is 2.70. The van der Waals surface area contributed by atoms with Gasteiger partial charge in [-0.3, -0.25) is 4.79 Å². The van der Waals surface area contributed by atoms with E-state index >= 15 is 0 Å². The van der Waals surface area contributed by atoms with Gasteiger partial charge in [0.1, 0.15) is 17.1 Å². The molecule has 21 heavy (non-hydrogen) atoms. The minimum absolute atomic E-state index is 0.186. The minimum atomic E-state index is -0.399. The Balaban J connectivity index is 3.16. The zero-order chi connectivity index (χ0) is 15.8. The van der Waals surface area contributed by atoms with Gasteiger partial charge in [0.2, 0.25) is 0 Å². The second-order valence-corrected chi connectivity index (χ2v) is 4.87. The first-order valence-corrected chi connectivity index (χ1v) is 7.37. The fourth-order valence-electron chi connectivity index (χ4n) is 2.35. The Hall–Kier alpha value is -1.78. The van der Waals surface area contributed by atoms with Crippen molar-refractivity contribution >= 4 is 11.9 Å². The van der Waals surface area contributed by atoms with Gasteiger partial charge in [-0.25, -0.2) is 4.79 Å². The summed E-state index contributed by atoms with van der Waals surface area (Å²) < 4.78 is 15.4. The number of carbonyl (C=O) groups is 2. The molecule has 118 valence electrons. The summed E-state index contributed by atoms with van der Waals surface area (Å²) in [5, 5.41) is 0. The molecule has 5 heteroatoms. The summed E-state index contributed by atoms with van der Waals surface area (Å²) in [5.41, 5.74) is 1.41. The van der Waals surface area contributed by atoms with Crippen LogP contribution in [0.5, 0.6) is 0 Å². The van der Waals surface area contributed by atoms with Gasteiger partial charge in [-0.15, -0.1) is 0 Å². The molecule has 0 spiro atoms. The second kappa shape index (κ2) is 8.49. The summed E-state index contributed by atoms with van der Waals surface area (Å²) >= 11 is 0. The zero-order valence-corrected chi connectivity index (χ0v) is 13.3. The molecule has 0 unspecified atom stereocenters. The maximum atomic E-state index is 12.1. The number of furan rings is 1. The Morgan fingerprint density at radius 1 is 0.952 bits per heavy atom. The molecule has 1 aromatic heterocycles. The van der Waals surface area contributed by atoms with Crippen molar-refractivity contribution in [3.8, 4) is 0 Å². The zero-order valence-electron chi connectivity index (χ0n) is 13.3. The Morgan fingerprint density at radius 2 is 1.62 bits per heavy atom. The lowest BCUT2D eigenvalue weighted by Gasteiger charge is -2.04. The second-order valence-electron chi connectivity index (χ2n) is 4.87. The Bertz CT molecular complexity index is 487. The molecule has 0 aromatic carbocycles. The topological polar surface area (TPSA) is 65.7 Å². The van der Waals surface area contributed by atoms with Crippen molar-refractivity contribution in [2.24, 2.45) is 0 Å². The van der Waals surface area contributed by atoms with Crippen LogP contribution in [0.15, 0.2) is 4.42 Å². The van der Waals surface area contributed by atoms with E-state index in [1.807, 2.05) is 0 Å². The SMILES string of the molecule is CCCc1oc(CCC(=O)OC)c(C(=O)OC)c1CCC. The summed E-state index contributed by atoms with van der Waals surface area (Å²) in [6.07, 6.45) is 3.92. The summed E-state index contributed by atoms with van der Waals surface area (Å²) in [4.78, 5) is 23.4. The van der Waals surface area contributed by atoms with Gasteiger partial charge >= 0.3 is 11.9 Å². The maximum absolute atomic E-state index is 12.1. The lowest BCUT2D eigenvalue weighted by molar-refractivity contribution is -0.140. The van der Waals surface area contributed by atoms with Crippen LogP contribution in [-0.2, 0) is 33.5 Å². The van der Waals surface area contributed by atoms with Crippen molar-refractivity contribution in [1.82, 2.24) is 0 Å². The third kappa shape index (κ3) is 4.34. The molecule has 1 rings (SSSR count). The number of hydrogen-bond acceptors (Lipinski definition) is 5. The van der Waals surface area contributed by atoms with Crippen molar-refractivity contribution < 1.29 is 23.5 Å². The van der Waals surface area contributed by atoms with Crippen molar-refractivity contribution in [1.29, 1.82) is 0 Å². The van der Waals surface area contributed by atoms with Gasteiger partial charge in [0.05, 0.1) is 20.6 Å². The third-order valence-electron chi connectivity index (χ3n) is 3.31. The largest absolute Gasteiger partial charge is 0.469 e. The van der Waals surface area contributed by atoms with Crippen LogP contribution in [0, 0.1) is 0 Å². The maximum Gasteiger partial charge on any atom is 0.341 e. The van der Waals surface area contributed by atoms with Crippen LogP contribution in [-0.4, -0.2) is 26.2 Å². The average Bonchev–Trinajstić information content (AvgIpc) is 2.82. The molecule has 0 amide bonds. The first-order valence-electron chi connectivity index (χ1n) is 7.37. The van der Waals surface area contributed by atoms with E-state index in [4.69, 9.17) is 9.15 Å². The molecular weight excluding hydrogens is 272 g/mol. The first-order chi connectivity index (χ1) is 10.1. The van der Waals surface area contributed by atoms with Crippen LogP contribution in [0.1, 0.15) is 60.6 Å². The van der Waals surface area contributed by atoms with Gasteiger partial charge in [0, 0.05) is 18.4 Å². The summed E-state index contributed by atoms with van der Waals surface area (Å²) in [6, 6.07) is 0. The number of hydrogen-bond donors (Lipinski definition) is 0. The molecule has 0 N–H and O–H groups in total. The van der Waals surface area contributed by atoms with Crippen molar-refractivity contribution in [2.45, 2.75) is 52.4 Å². The molecule has 1 heterocycles. The molecule has 0 radical (unpaired) electrons. The monoisotopic (exact) mass is 296 g/mol. The number of ether oxygens (including phenoxy) is 2. The smallest absolute Gasteiger partial charge is 0.341 e. The number of methoxy groups -OCH3 is 2. The van der Waals surface area contributed by atoms with Gasteiger partial charge in [-0.05, 0) is 12.8 Å². The lowest BCUT2D eigenvalue weighted by atomic mass is 10.0. The Kier molecular flexibility index (Phi) is 6.99. The number of esters is 2. The minimum Gasteiger partial charge on any atom is -0.469 e. The molecule has 0 saturated heterocycles. The van der Waals surface area contributed by atoms with Crippen LogP contribution in [0.2, 0.25) is 0 Å². The molecule has 0 aliphatic carbocycles. The highest BCUT2D eigenvalue weighted by molar-refractivity contribution is 5.92. The number of rotatable bonds is 8. The number of carbonyl (C=O) groups excluding carboxylic acids is 2. The van der Waals surface area contributed by atoms with E-state index in [9.17, 15) is 9.59 Å².